The van der Waals surface area contributed by atoms with E-state index in [1.54, 1.807) is 20.0 Å². The van der Waals surface area contributed by atoms with E-state index in [0.29, 0.717) is 28.9 Å². The Bertz CT molecular complexity index is 925. The molecule has 8 heteroatoms. The van der Waals surface area contributed by atoms with Gasteiger partial charge in [-0.05, 0) is 51.7 Å². The van der Waals surface area contributed by atoms with Crippen molar-refractivity contribution in [2.45, 2.75) is 39.2 Å². The SMILES string of the molecule is Cc1nc(C(C)(C)O)ccc1-c1cnc2c(n1)N(CC1CCOCC1)CC(=O)N2.[HH]. The molecular weight excluding hydrogens is 370 g/mol. The smallest absolute Gasteiger partial charge is 0.245 e. The molecule has 0 aromatic carbocycles. The van der Waals surface area contributed by atoms with Crippen LogP contribution in [0.3, 0.4) is 0 Å². The van der Waals surface area contributed by atoms with E-state index in [1.165, 1.54) is 0 Å². The number of hydrogen-bond donors (Lipinski definition) is 2. The van der Waals surface area contributed by atoms with Crippen LogP contribution in [-0.4, -0.2) is 52.3 Å². The summed E-state index contributed by atoms with van der Waals surface area (Å²) in [7, 11) is 0. The lowest BCUT2D eigenvalue weighted by atomic mass is 9.99. The highest BCUT2D eigenvalue weighted by atomic mass is 16.5. The largest absolute Gasteiger partial charge is 0.384 e. The number of ether oxygens (including phenoxy) is 1. The molecule has 8 nitrogen and oxygen atoms in total. The van der Waals surface area contributed by atoms with Gasteiger partial charge in [0.15, 0.2) is 11.6 Å². The second kappa shape index (κ2) is 7.68. The molecule has 2 N–H and O–H groups in total. The highest BCUT2D eigenvalue weighted by molar-refractivity contribution is 5.99. The molecule has 1 fully saturated rings. The zero-order valence-electron chi connectivity index (χ0n) is 17.1. The van der Waals surface area contributed by atoms with Crippen LogP contribution in [0.4, 0.5) is 11.6 Å². The lowest BCUT2D eigenvalue weighted by Crippen LogP contribution is -2.42. The van der Waals surface area contributed by atoms with Gasteiger partial charge in [0.05, 0.1) is 24.1 Å². The van der Waals surface area contributed by atoms with E-state index < -0.39 is 5.60 Å². The third-order valence-electron chi connectivity index (χ3n) is 5.45. The Hall–Kier alpha value is -2.58. The third-order valence-corrected chi connectivity index (χ3v) is 5.45. The molecule has 2 aromatic heterocycles. The Morgan fingerprint density at radius 2 is 2.07 bits per heavy atom. The minimum absolute atomic E-state index is 0. The van der Waals surface area contributed by atoms with Crippen molar-refractivity contribution < 1.29 is 16.1 Å². The van der Waals surface area contributed by atoms with E-state index >= 15 is 0 Å². The van der Waals surface area contributed by atoms with Crippen molar-refractivity contribution in [1.29, 1.82) is 0 Å². The Balaban J connectivity index is 0.00000256. The van der Waals surface area contributed by atoms with Crippen LogP contribution in [0.2, 0.25) is 0 Å². The topological polar surface area (TPSA) is 100 Å². The van der Waals surface area contributed by atoms with Crippen molar-refractivity contribution in [3.05, 3.63) is 29.7 Å². The quantitative estimate of drug-likeness (QED) is 0.815. The Morgan fingerprint density at radius 1 is 1.31 bits per heavy atom. The molecular formula is C21H29N5O3. The molecule has 0 spiro atoms. The summed E-state index contributed by atoms with van der Waals surface area (Å²) in [6.45, 7) is 7.89. The number of nitrogens with one attached hydrogen (secondary N) is 1. The fraction of sp³-hybridized carbons (Fsp3) is 0.524. The zero-order valence-corrected chi connectivity index (χ0v) is 17.1. The minimum atomic E-state index is -1.00. The van der Waals surface area contributed by atoms with Crippen molar-refractivity contribution in [3.63, 3.8) is 0 Å². The van der Waals surface area contributed by atoms with Crippen LogP contribution in [0.1, 0.15) is 39.5 Å². The van der Waals surface area contributed by atoms with Gasteiger partial charge in [0.1, 0.15) is 5.60 Å². The van der Waals surface area contributed by atoms with Gasteiger partial charge in [-0.3, -0.25) is 9.78 Å². The molecule has 0 aliphatic carbocycles. The molecule has 4 rings (SSSR count). The zero-order chi connectivity index (χ0) is 20.6. The van der Waals surface area contributed by atoms with E-state index in [4.69, 9.17) is 9.72 Å². The lowest BCUT2D eigenvalue weighted by molar-refractivity contribution is -0.115. The van der Waals surface area contributed by atoms with Gasteiger partial charge >= 0.3 is 0 Å². The average Bonchev–Trinajstić information content (AvgIpc) is 2.68. The van der Waals surface area contributed by atoms with Crippen LogP contribution in [0.25, 0.3) is 11.3 Å². The van der Waals surface area contributed by atoms with Gasteiger partial charge in [0.25, 0.3) is 0 Å². The molecule has 29 heavy (non-hydrogen) atoms. The number of pyridine rings is 1. The molecule has 0 atom stereocenters. The molecule has 1 amide bonds. The third kappa shape index (κ3) is 4.23. The first-order valence-electron chi connectivity index (χ1n) is 10.0. The molecule has 0 radical (unpaired) electrons. The second-order valence-corrected chi connectivity index (χ2v) is 8.30. The number of carbonyl (C=O) groups is 1. The van der Waals surface area contributed by atoms with Crippen LogP contribution < -0.4 is 10.2 Å². The molecule has 1 saturated heterocycles. The molecule has 0 unspecified atom stereocenters. The van der Waals surface area contributed by atoms with E-state index in [-0.39, 0.29) is 13.9 Å². The normalized spacial score (nSPS) is 17.8. The van der Waals surface area contributed by atoms with Crippen LogP contribution in [0.5, 0.6) is 0 Å². The number of amides is 1. The molecule has 0 saturated carbocycles. The summed E-state index contributed by atoms with van der Waals surface area (Å²) >= 11 is 0. The molecule has 2 aliphatic heterocycles. The van der Waals surface area contributed by atoms with Gasteiger partial charge in [-0.25, -0.2) is 9.97 Å². The number of fused-ring (bicyclic) bond motifs is 1. The maximum absolute atomic E-state index is 12.1. The van der Waals surface area contributed by atoms with Crippen molar-refractivity contribution in [2.24, 2.45) is 5.92 Å². The van der Waals surface area contributed by atoms with Crippen LogP contribution >= 0.6 is 0 Å². The average molecular weight is 399 g/mol. The highest BCUT2D eigenvalue weighted by Gasteiger charge is 2.28. The number of rotatable bonds is 4. The molecule has 2 aliphatic rings. The Kier molecular flexibility index (Phi) is 5.23. The Labute approximate surface area is 171 Å². The van der Waals surface area contributed by atoms with E-state index in [9.17, 15) is 9.90 Å². The first-order valence-corrected chi connectivity index (χ1v) is 10.0. The monoisotopic (exact) mass is 399 g/mol. The van der Waals surface area contributed by atoms with Gasteiger partial charge in [0.2, 0.25) is 5.91 Å². The summed E-state index contributed by atoms with van der Waals surface area (Å²) < 4.78 is 5.45. The van der Waals surface area contributed by atoms with E-state index in [1.807, 2.05) is 24.0 Å². The summed E-state index contributed by atoms with van der Waals surface area (Å²) in [5.41, 5.74) is 1.93. The number of nitrogens with zero attached hydrogens (tertiary/aromatic N) is 4. The number of anilines is 2. The Morgan fingerprint density at radius 3 is 2.76 bits per heavy atom. The molecule has 4 heterocycles. The minimum Gasteiger partial charge on any atom is -0.384 e. The number of aryl methyl sites for hydroxylation is 1. The first-order chi connectivity index (χ1) is 13.8. The van der Waals surface area contributed by atoms with Gasteiger partial charge in [-0.1, -0.05) is 0 Å². The number of aromatic nitrogens is 3. The number of aliphatic hydroxyl groups is 1. The second-order valence-electron chi connectivity index (χ2n) is 8.30. The fourth-order valence-corrected chi connectivity index (χ4v) is 3.80. The molecule has 0 bridgehead atoms. The maximum atomic E-state index is 12.1. The summed E-state index contributed by atoms with van der Waals surface area (Å²) in [5, 5.41) is 13.0. The standard InChI is InChI=1S/C21H27N5O3.H2/c1-13-15(4-5-17(23-13)21(2,3)28)16-10-22-19-20(24-16)26(12-18(27)25-19)11-14-6-8-29-9-7-14;/h4-5,10,14,28H,6-9,11-12H2,1-3H3,(H,22,25,27);1H. The van der Waals surface area contributed by atoms with Gasteiger partial charge in [0, 0.05) is 32.4 Å². The molecule has 2 aromatic rings. The summed E-state index contributed by atoms with van der Waals surface area (Å²) in [6.07, 6.45) is 3.63. The number of hydrogen-bond acceptors (Lipinski definition) is 7. The molecule has 156 valence electrons. The predicted octanol–water partition coefficient (Wildman–Crippen LogP) is 2.51. The van der Waals surface area contributed by atoms with Crippen LogP contribution in [0, 0.1) is 12.8 Å². The van der Waals surface area contributed by atoms with Crippen LogP contribution in [0.15, 0.2) is 18.3 Å². The lowest BCUT2D eigenvalue weighted by Gasteiger charge is -2.33. The van der Waals surface area contributed by atoms with Gasteiger partial charge in [-0.15, -0.1) is 0 Å². The summed E-state index contributed by atoms with van der Waals surface area (Å²) in [5.74, 6) is 1.59. The van der Waals surface area contributed by atoms with Crippen molar-refractivity contribution in [2.75, 3.05) is 36.5 Å². The summed E-state index contributed by atoms with van der Waals surface area (Å²) in [6, 6.07) is 3.72. The first kappa shape index (κ1) is 19.7. The van der Waals surface area contributed by atoms with Crippen molar-refractivity contribution in [1.82, 2.24) is 15.0 Å². The summed E-state index contributed by atoms with van der Waals surface area (Å²) in [4.78, 5) is 28.0. The van der Waals surface area contributed by atoms with E-state index in [2.05, 4.69) is 15.3 Å². The highest BCUT2D eigenvalue weighted by Crippen LogP contribution is 2.31. The maximum Gasteiger partial charge on any atom is 0.245 e. The predicted molar refractivity (Wildman–Crippen MR) is 112 cm³/mol. The number of carbonyl (C=O) groups excluding carboxylic acids is 1. The van der Waals surface area contributed by atoms with Crippen molar-refractivity contribution in [3.8, 4) is 11.3 Å². The van der Waals surface area contributed by atoms with Gasteiger partial charge in [-0.2, -0.15) is 0 Å². The van der Waals surface area contributed by atoms with Crippen molar-refractivity contribution >= 4 is 17.5 Å². The van der Waals surface area contributed by atoms with Gasteiger partial charge < -0.3 is 20.1 Å². The van der Waals surface area contributed by atoms with Crippen LogP contribution in [-0.2, 0) is 15.1 Å². The van der Waals surface area contributed by atoms with E-state index in [0.717, 1.165) is 43.9 Å². The fourth-order valence-electron chi connectivity index (χ4n) is 3.80.